The van der Waals surface area contributed by atoms with E-state index < -0.39 is 16.6 Å². The first-order valence-corrected chi connectivity index (χ1v) is 7.26. The fourth-order valence-corrected chi connectivity index (χ4v) is 1.76. The molecule has 1 amide bonds. The summed E-state index contributed by atoms with van der Waals surface area (Å²) in [6.07, 6.45) is 0.109. The minimum absolute atomic E-state index is 0.0223. The summed E-state index contributed by atoms with van der Waals surface area (Å²) < 4.78 is 10.2. The van der Waals surface area contributed by atoms with Crippen LogP contribution in [0.4, 0.5) is 16.2 Å². The number of hydrogen-bond donors (Lipinski definition) is 2. The van der Waals surface area contributed by atoms with Crippen LogP contribution >= 0.6 is 0 Å². The molecule has 0 unspecified atom stereocenters. The van der Waals surface area contributed by atoms with Crippen LogP contribution < -0.4 is 15.4 Å². The van der Waals surface area contributed by atoms with E-state index in [0.29, 0.717) is 30.9 Å². The van der Waals surface area contributed by atoms with Gasteiger partial charge in [0.25, 0.3) is 5.69 Å². The number of nitro groups is 1. The second-order valence-corrected chi connectivity index (χ2v) is 5.85. The molecule has 0 spiro atoms. The minimum Gasteiger partial charge on any atom is -0.497 e. The molecule has 0 aliphatic heterocycles. The van der Waals surface area contributed by atoms with Gasteiger partial charge in [0.15, 0.2) is 0 Å². The number of ether oxygens (including phenoxy) is 2. The van der Waals surface area contributed by atoms with Crippen LogP contribution in [-0.4, -0.2) is 36.8 Å². The van der Waals surface area contributed by atoms with E-state index in [4.69, 9.17) is 9.47 Å². The number of amides is 1. The summed E-state index contributed by atoms with van der Waals surface area (Å²) in [6, 6.07) is 4.49. The predicted octanol–water partition coefficient (Wildman–Crippen LogP) is 2.93. The molecule has 2 N–H and O–H groups in total. The van der Waals surface area contributed by atoms with E-state index in [-0.39, 0.29) is 5.69 Å². The zero-order valence-electron chi connectivity index (χ0n) is 13.8. The zero-order valence-corrected chi connectivity index (χ0v) is 13.8. The zero-order chi connectivity index (χ0) is 17.5. The van der Waals surface area contributed by atoms with Gasteiger partial charge >= 0.3 is 6.09 Å². The Hall–Kier alpha value is -2.51. The molecule has 0 saturated heterocycles. The Labute approximate surface area is 135 Å². The molecule has 128 valence electrons. The summed E-state index contributed by atoms with van der Waals surface area (Å²) in [6.45, 7) is 6.23. The van der Waals surface area contributed by atoms with Crippen molar-refractivity contribution < 1.29 is 19.2 Å². The maximum atomic E-state index is 11.5. The molecular formula is C15H23N3O5. The quantitative estimate of drug-likeness (QED) is 0.454. The van der Waals surface area contributed by atoms with Crippen LogP contribution in [-0.2, 0) is 4.74 Å². The maximum Gasteiger partial charge on any atom is 0.407 e. The predicted molar refractivity (Wildman–Crippen MR) is 87.0 cm³/mol. The molecule has 0 aliphatic carbocycles. The number of hydrogen-bond acceptors (Lipinski definition) is 6. The van der Waals surface area contributed by atoms with Crippen molar-refractivity contribution in [3.8, 4) is 5.75 Å². The lowest BCUT2D eigenvalue weighted by Crippen LogP contribution is -2.33. The Morgan fingerprint density at radius 1 is 1.30 bits per heavy atom. The van der Waals surface area contributed by atoms with Crippen molar-refractivity contribution >= 4 is 17.5 Å². The van der Waals surface area contributed by atoms with Crippen LogP contribution in [0, 0.1) is 10.1 Å². The molecule has 0 radical (unpaired) electrons. The van der Waals surface area contributed by atoms with Crippen molar-refractivity contribution in [3.63, 3.8) is 0 Å². The molecule has 0 aromatic heterocycles. The first kappa shape index (κ1) is 18.5. The van der Waals surface area contributed by atoms with Crippen LogP contribution in [0.25, 0.3) is 0 Å². The summed E-state index contributed by atoms with van der Waals surface area (Å²) in [7, 11) is 1.50. The van der Waals surface area contributed by atoms with E-state index in [2.05, 4.69) is 10.6 Å². The maximum absolute atomic E-state index is 11.5. The second kappa shape index (κ2) is 8.21. The van der Waals surface area contributed by atoms with E-state index in [1.807, 2.05) is 0 Å². The normalized spacial score (nSPS) is 10.8. The van der Waals surface area contributed by atoms with Gasteiger partial charge in [-0.2, -0.15) is 0 Å². The lowest BCUT2D eigenvalue weighted by molar-refractivity contribution is -0.384. The van der Waals surface area contributed by atoms with Gasteiger partial charge in [-0.15, -0.1) is 0 Å². The van der Waals surface area contributed by atoms with E-state index in [0.717, 1.165) is 0 Å². The SMILES string of the molecule is COc1ccc([N+](=O)[O-])c(NCCCNC(=O)OC(C)(C)C)c1. The number of methoxy groups -OCH3 is 1. The van der Waals surface area contributed by atoms with Gasteiger partial charge in [-0.1, -0.05) is 0 Å². The second-order valence-electron chi connectivity index (χ2n) is 5.85. The highest BCUT2D eigenvalue weighted by atomic mass is 16.6. The van der Waals surface area contributed by atoms with Crippen LogP contribution in [0.1, 0.15) is 27.2 Å². The molecular weight excluding hydrogens is 302 g/mol. The molecule has 0 bridgehead atoms. The first-order chi connectivity index (χ1) is 10.7. The third-order valence-electron chi connectivity index (χ3n) is 2.74. The van der Waals surface area contributed by atoms with Gasteiger partial charge in [-0.3, -0.25) is 10.1 Å². The minimum atomic E-state index is -0.538. The number of alkyl carbamates (subject to hydrolysis) is 1. The van der Waals surface area contributed by atoms with Gasteiger partial charge in [0.05, 0.1) is 12.0 Å². The Kier molecular flexibility index (Phi) is 6.62. The molecule has 0 aliphatic rings. The molecule has 23 heavy (non-hydrogen) atoms. The highest BCUT2D eigenvalue weighted by Crippen LogP contribution is 2.28. The van der Waals surface area contributed by atoms with Crippen LogP contribution in [0.3, 0.4) is 0 Å². The number of carbonyl (C=O) groups is 1. The Balaban J connectivity index is 2.44. The highest BCUT2D eigenvalue weighted by Gasteiger charge is 2.16. The Morgan fingerprint density at radius 3 is 2.57 bits per heavy atom. The molecule has 1 rings (SSSR count). The third-order valence-corrected chi connectivity index (χ3v) is 2.74. The average molecular weight is 325 g/mol. The first-order valence-electron chi connectivity index (χ1n) is 7.26. The van der Waals surface area contributed by atoms with Gasteiger partial charge < -0.3 is 20.1 Å². The molecule has 1 aromatic carbocycles. The number of carbonyl (C=O) groups excluding carboxylic acids is 1. The van der Waals surface area contributed by atoms with Gasteiger partial charge in [-0.25, -0.2) is 4.79 Å². The summed E-state index contributed by atoms with van der Waals surface area (Å²) >= 11 is 0. The van der Waals surface area contributed by atoms with Gasteiger partial charge in [0.1, 0.15) is 17.0 Å². The van der Waals surface area contributed by atoms with Crippen LogP contribution in [0.2, 0.25) is 0 Å². The van der Waals surface area contributed by atoms with Crippen LogP contribution in [0.15, 0.2) is 18.2 Å². The van der Waals surface area contributed by atoms with Gasteiger partial charge in [0, 0.05) is 25.2 Å². The van der Waals surface area contributed by atoms with Gasteiger partial charge in [-0.05, 0) is 33.3 Å². The van der Waals surface area contributed by atoms with Crippen LogP contribution in [0.5, 0.6) is 5.75 Å². The number of nitro benzene ring substituents is 1. The van der Waals surface area contributed by atoms with E-state index >= 15 is 0 Å². The topological polar surface area (TPSA) is 103 Å². The van der Waals surface area contributed by atoms with Crippen molar-refractivity contribution in [3.05, 3.63) is 28.3 Å². The fraction of sp³-hybridized carbons (Fsp3) is 0.533. The molecule has 8 heteroatoms. The molecule has 0 saturated carbocycles. The van der Waals surface area contributed by atoms with Crippen molar-refractivity contribution in [1.82, 2.24) is 5.32 Å². The number of anilines is 1. The summed E-state index contributed by atoms with van der Waals surface area (Å²) in [5.74, 6) is 0.532. The monoisotopic (exact) mass is 325 g/mol. The van der Waals surface area contributed by atoms with E-state index in [1.54, 1.807) is 26.8 Å². The van der Waals surface area contributed by atoms with Crippen molar-refractivity contribution in [2.75, 3.05) is 25.5 Å². The smallest absolute Gasteiger partial charge is 0.407 e. The van der Waals surface area contributed by atoms with E-state index in [9.17, 15) is 14.9 Å². The number of nitrogens with one attached hydrogen (secondary N) is 2. The Morgan fingerprint density at radius 2 is 2.00 bits per heavy atom. The lowest BCUT2D eigenvalue weighted by atomic mass is 10.2. The third kappa shape index (κ3) is 6.86. The molecule has 0 heterocycles. The highest BCUT2D eigenvalue weighted by molar-refractivity contribution is 5.67. The summed E-state index contributed by atoms with van der Waals surface area (Å²) in [5, 5.41) is 16.6. The molecule has 8 nitrogen and oxygen atoms in total. The number of rotatable bonds is 7. The largest absolute Gasteiger partial charge is 0.497 e. The standard InChI is InChI=1S/C15H23N3O5/c1-15(2,3)23-14(19)17-9-5-8-16-12-10-11(22-4)6-7-13(12)18(20)21/h6-7,10,16H,5,8-9H2,1-4H3,(H,17,19). The molecule has 1 aromatic rings. The molecule has 0 atom stereocenters. The van der Waals surface area contributed by atoms with Gasteiger partial charge in [0.2, 0.25) is 0 Å². The fourth-order valence-electron chi connectivity index (χ4n) is 1.76. The number of nitrogens with zero attached hydrogens (tertiary/aromatic N) is 1. The number of benzene rings is 1. The van der Waals surface area contributed by atoms with Crippen molar-refractivity contribution in [2.24, 2.45) is 0 Å². The van der Waals surface area contributed by atoms with E-state index in [1.165, 1.54) is 19.2 Å². The lowest BCUT2D eigenvalue weighted by Gasteiger charge is -2.19. The summed E-state index contributed by atoms with van der Waals surface area (Å²) in [5.41, 5.74) is -0.179. The summed E-state index contributed by atoms with van der Waals surface area (Å²) in [4.78, 5) is 22.0. The molecule has 0 fully saturated rings. The van der Waals surface area contributed by atoms with Crippen molar-refractivity contribution in [1.29, 1.82) is 0 Å². The van der Waals surface area contributed by atoms with Crippen molar-refractivity contribution in [2.45, 2.75) is 32.8 Å². The Bertz CT molecular complexity index is 555. The average Bonchev–Trinajstić information content (AvgIpc) is 2.44.